The summed E-state index contributed by atoms with van der Waals surface area (Å²) in [7, 11) is 0. The zero-order valence-electron chi connectivity index (χ0n) is 35.2. The van der Waals surface area contributed by atoms with Crippen LogP contribution in [0.25, 0.3) is 120 Å². The van der Waals surface area contributed by atoms with Gasteiger partial charge in [-0.1, -0.05) is 158 Å². The summed E-state index contributed by atoms with van der Waals surface area (Å²) in [4.78, 5) is 19.4. The second kappa shape index (κ2) is 16.0. The van der Waals surface area contributed by atoms with Gasteiger partial charge in [-0.3, -0.25) is 0 Å². The Labute approximate surface area is 384 Å². The summed E-state index contributed by atoms with van der Waals surface area (Å²) in [6, 6.07) is 73.1. The van der Waals surface area contributed by atoms with Crippen molar-refractivity contribution in [2.24, 2.45) is 0 Å². The normalized spacial score (nSPS) is 11.3. The summed E-state index contributed by atoms with van der Waals surface area (Å²) >= 11 is 1.81. The van der Waals surface area contributed by atoms with Crippen LogP contribution in [-0.2, 0) is 0 Å². The van der Waals surface area contributed by atoms with Crippen LogP contribution in [0.2, 0.25) is 0 Å². The molecule has 0 spiro atoms. The topological polar surface area (TPSA) is 71.8 Å². The molecular weight excluding hydrogens is 825 g/mol. The van der Waals surface area contributed by atoms with Crippen molar-refractivity contribution in [1.29, 1.82) is 5.26 Å². The average Bonchev–Trinajstić information content (AvgIpc) is 3.93. The molecule has 0 fully saturated rings. The van der Waals surface area contributed by atoms with E-state index in [-0.39, 0.29) is 0 Å². The molecule has 0 aliphatic rings. The van der Waals surface area contributed by atoms with Crippen molar-refractivity contribution in [3.8, 4) is 79.3 Å². The number of nitriles is 1. The van der Waals surface area contributed by atoms with E-state index in [9.17, 15) is 5.26 Å². The Morgan fingerprint density at radius 2 is 0.909 bits per heavy atom. The first-order valence-electron chi connectivity index (χ1n) is 21.6. The summed E-state index contributed by atoms with van der Waals surface area (Å²) < 4.78 is 4.84. The van der Waals surface area contributed by atoms with Crippen LogP contribution in [0.3, 0.4) is 0 Å². The molecule has 9 aromatic carbocycles. The predicted molar refractivity (Wildman–Crippen MR) is 271 cm³/mol. The van der Waals surface area contributed by atoms with Gasteiger partial charge in [-0.05, 0) is 81.9 Å². The monoisotopic (exact) mass is 858 g/mol. The van der Waals surface area contributed by atoms with Crippen LogP contribution in [0.15, 0.2) is 206 Å². The fraction of sp³-hybridized carbons (Fsp3) is 0. The number of fused-ring (bicyclic) bond motifs is 6. The minimum Gasteiger partial charge on any atom is -0.308 e. The molecule has 0 radical (unpaired) electrons. The lowest BCUT2D eigenvalue weighted by Gasteiger charge is -2.17. The second-order valence-electron chi connectivity index (χ2n) is 16.2. The summed E-state index contributed by atoms with van der Waals surface area (Å²) in [5, 5.41) is 14.3. The minimum atomic E-state index is 0.548. The largest absolute Gasteiger partial charge is 0.308 e. The fourth-order valence-corrected chi connectivity index (χ4v) is 10.2. The second-order valence-corrected chi connectivity index (χ2v) is 17.3. The molecule has 66 heavy (non-hydrogen) atoms. The van der Waals surface area contributed by atoms with Gasteiger partial charge in [0.1, 0.15) is 0 Å². The molecule has 0 bridgehead atoms. The van der Waals surface area contributed by atoms with E-state index in [0.29, 0.717) is 28.7 Å². The Morgan fingerprint density at radius 3 is 1.52 bits per heavy atom. The third-order valence-electron chi connectivity index (χ3n) is 12.3. The van der Waals surface area contributed by atoms with Crippen molar-refractivity contribution in [2.45, 2.75) is 0 Å². The lowest BCUT2D eigenvalue weighted by molar-refractivity contribution is 1.06. The fourth-order valence-electron chi connectivity index (χ4n) is 9.03. The van der Waals surface area contributed by atoms with Crippen LogP contribution >= 0.6 is 11.3 Å². The Morgan fingerprint density at radius 1 is 0.424 bits per heavy atom. The van der Waals surface area contributed by atoms with E-state index in [4.69, 9.17) is 21.5 Å². The molecule has 0 saturated heterocycles. The number of benzene rings is 9. The third kappa shape index (κ3) is 6.76. The minimum absolute atomic E-state index is 0.548. The SMILES string of the molecule is [C-]#[N+]c1ccc(-c2ccc3c4ccc(-c5ccc(C#N)cc5)cc4n(-c4ccc(-c5ccc6c(c5)sc5ccccc56)cc4-c4nc(-c5ccccc5)nc(-c5ccccc5)n4)c3c2)cc1. The summed E-state index contributed by atoms with van der Waals surface area (Å²) in [5.74, 6) is 1.71. The van der Waals surface area contributed by atoms with Gasteiger partial charge in [0, 0.05) is 47.6 Å². The van der Waals surface area contributed by atoms with Crippen LogP contribution in [0.5, 0.6) is 0 Å². The van der Waals surface area contributed by atoms with E-state index in [1.54, 1.807) is 0 Å². The lowest BCUT2D eigenvalue weighted by atomic mass is 9.99. The van der Waals surface area contributed by atoms with Gasteiger partial charge in [-0.2, -0.15) is 5.26 Å². The van der Waals surface area contributed by atoms with Gasteiger partial charge in [0.25, 0.3) is 0 Å². The van der Waals surface area contributed by atoms with E-state index in [1.165, 1.54) is 20.2 Å². The number of hydrogen-bond acceptors (Lipinski definition) is 5. The first kappa shape index (κ1) is 38.6. The average molecular weight is 859 g/mol. The highest BCUT2D eigenvalue weighted by Crippen LogP contribution is 2.42. The molecule has 306 valence electrons. The first-order chi connectivity index (χ1) is 32.6. The van der Waals surface area contributed by atoms with Crippen molar-refractivity contribution in [2.75, 3.05) is 0 Å². The smallest absolute Gasteiger partial charge is 0.187 e. The molecule has 3 aromatic heterocycles. The van der Waals surface area contributed by atoms with Crippen LogP contribution in [-0.4, -0.2) is 19.5 Å². The maximum absolute atomic E-state index is 9.59. The summed E-state index contributed by atoms with van der Waals surface area (Å²) in [6.45, 7) is 7.55. The van der Waals surface area contributed by atoms with Crippen LogP contribution < -0.4 is 0 Å². The van der Waals surface area contributed by atoms with Gasteiger partial charge in [-0.15, -0.1) is 11.3 Å². The molecule has 12 aromatic rings. The van der Waals surface area contributed by atoms with Gasteiger partial charge >= 0.3 is 0 Å². The molecular formula is C59H34N6S. The number of thiophene rings is 1. The van der Waals surface area contributed by atoms with E-state index in [2.05, 4.69) is 113 Å². The number of aromatic nitrogens is 4. The van der Waals surface area contributed by atoms with Crippen molar-refractivity contribution in [3.05, 3.63) is 223 Å². The van der Waals surface area contributed by atoms with Gasteiger partial charge in [0.2, 0.25) is 0 Å². The Bertz CT molecular complexity index is 3760. The predicted octanol–water partition coefficient (Wildman–Crippen LogP) is 15.8. The Balaban J connectivity index is 1.16. The highest BCUT2D eigenvalue weighted by molar-refractivity contribution is 7.25. The van der Waals surface area contributed by atoms with E-state index in [0.717, 1.165) is 77.6 Å². The van der Waals surface area contributed by atoms with Gasteiger partial charge in [0.15, 0.2) is 23.2 Å². The van der Waals surface area contributed by atoms with Crippen LogP contribution in [0, 0.1) is 17.9 Å². The van der Waals surface area contributed by atoms with Crippen molar-refractivity contribution in [3.63, 3.8) is 0 Å². The molecule has 0 aliphatic heterocycles. The number of rotatable bonds is 7. The number of nitrogens with zero attached hydrogens (tertiary/aromatic N) is 6. The molecule has 0 saturated carbocycles. The zero-order valence-corrected chi connectivity index (χ0v) is 36.0. The molecule has 3 heterocycles. The molecule has 0 N–H and O–H groups in total. The van der Waals surface area contributed by atoms with Crippen molar-refractivity contribution >= 4 is 59.0 Å². The van der Waals surface area contributed by atoms with Crippen molar-refractivity contribution < 1.29 is 0 Å². The molecule has 7 heteroatoms. The van der Waals surface area contributed by atoms with Crippen molar-refractivity contribution in [1.82, 2.24) is 19.5 Å². The zero-order chi connectivity index (χ0) is 44.1. The van der Waals surface area contributed by atoms with Gasteiger partial charge in [-0.25, -0.2) is 19.8 Å². The highest BCUT2D eigenvalue weighted by Gasteiger charge is 2.22. The Hall–Kier alpha value is -9.01. The van der Waals surface area contributed by atoms with Gasteiger partial charge in [0.05, 0.1) is 34.9 Å². The maximum Gasteiger partial charge on any atom is 0.187 e. The van der Waals surface area contributed by atoms with Crippen LogP contribution in [0.1, 0.15) is 5.56 Å². The van der Waals surface area contributed by atoms with Crippen LogP contribution in [0.4, 0.5) is 5.69 Å². The molecule has 0 amide bonds. The quantitative estimate of drug-likeness (QED) is 0.150. The first-order valence-corrected chi connectivity index (χ1v) is 22.4. The van der Waals surface area contributed by atoms with E-state index < -0.39 is 0 Å². The van der Waals surface area contributed by atoms with Gasteiger partial charge < -0.3 is 4.57 Å². The molecule has 0 atom stereocenters. The summed E-state index contributed by atoms with van der Waals surface area (Å²) in [5.41, 5.74) is 13.0. The maximum atomic E-state index is 9.59. The highest BCUT2D eigenvalue weighted by atomic mass is 32.1. The number of hydrogen-bond donors (Lipinski definition) is 0. The molecule has 0 aliphatic carbocycles. The third-order valence-corrected chi connectivity index (χ3v) is 13.5. The molecule has 0 unspecified atom stereocenters. The molecule has 6 nitrogen and oxygen atoms in total. The van der Waals surface area contributed by atoms with E-state index >= 15 is 0 Å². The molecule has 12 rings (SSSR count). The van der Waals surface area contributed by atoms with E-state index in [1.807, 2.05) is 121 Å². The Kier molecular flexibility index (Phi) is 9.35. The summed E-state index contributed by atoms with van der Waals surface area (Å²) in [6.07, 6.45) is 0. The standard InChI is InChI=1S/C59H34N6S/c1-61-46-26-20-39(21-27-46)44-23-29-48-47-28-22-43(38-18-16-37(36-60)17-19-38)33-53(47)65(54(48)34-44)52-31-25-42(45-24-30-50-49-14-8-9-15-55(49)66-56(50)35-45)32-51(52)59-63-57(40-10-4-2-5-11-40)62-58(64-59)41-12-6-3-7-13-41/h2-35H. The lowest BCUT2D eigenvalue weighted by Crippen LogP contribution is -2.04.